The fourth-order valence-corrected chi connectivity index (χ4v) is 2.18. The van der Waals surface area contributed by atoms with Crippen molar-refractivity contribution >= 4 is 17.5 Å². The van der Waals surface area contributed by atoms with Gasteiger partial charge < -0.3 is 15.4 Å². The Labute approximate surface area is 125 Å². The summed E-state index contributed by atoms with van der Waals surface area (Å²) in [7, 11) is 0. The monoisotopic (exact) mass is 290 g/mol. The summed E-state index contributed by atoms with van der Waals surface area (Å²) in [4.78, 5) is 23.4. The summed E-state index contributed by atoms with van der Waals surface area (Å²) < 4.78 is 5.32. The zero-order valence-corrected chi connectivity index (χ0v) is 12.7. The predicted octanol–water partition coefficient (Wildman–Crippen LogP) is 2.57. The van der Waals surface area contributed by atoms with E-state index >= 15 is 0 Å². The Kier molecular flexibility index (Phi) is 4.83. The van der Waals surface area contributed by atoms with E-state index in [4.69, 9.17) is 4.74 Å². The van der Waals surface area contributed by atoms with Gasteiger partial charge in [0.1, 0.15) is 5.75 Å². The van der Waals surface area contributed by atoms with Crippen molar-refractivity contribution in [2.24, 2.45) is 5.92 Å². The first kappa shape index (κ1) is 15.4. The van der Waals surface area contributed by atoms with Crippen molar-refractivity contribution in [3.8, 4) is 5.75 Å². The Bertz CT molecular complexity index is 540. The highest BCUT2D eigenvalue weighted by molar-refractivity contribution is 5.99. The van der Waals surface area contributed by atoms with Crippen LogP contribution in [-0.4, -0.2) is 24.5 Å². The number of benzene rings is 1. The molecule has 2 N–H and O–H groups in total. The van der Waals surface area contributed by atoms with E-state index in [2.05, 4.69) is 24.5 Å². The minimum Gasteiger partial charge on any atom is -0.482 e. The molecule has 1 aliphatic heterocycles. The van der Waals surface area contributed by atoms with Gasteiger partial charge in [-0.1, -0.05) is 13.8 Å². The lowest BCUT2D eigenvalue weighted by Crippen LogP contribution is -2.33. The van der Waals surface area contributed by atoms with Crippen molar-refractivity contribution in [1.29, 1.82) is 0 Å². The van der Waals surface area contributed by atoms with Crippen molar-refractivity contribution in [1.82, 2.24) is 5.32 Å². The molecule has 0 saturated heterocycles. The Hall–Kier alpha value is -2.04. The van der Waals surface area contributed by atoms with Gasteiger partial charge >= 0.3 is 0 Å². The van der Waals surface area contributed by atoms with Gasteiger partial charge in [-0.2, -0.15) is 0 Å². The van der Waals surface area contributed by atoms with E-state index in [0.29, 0.717) is 22.9 Å². The third kappa shape index (κ3) is 4.21. The first-order chi connectivity index (χ1) is 9.95. The molecule has 5 heteroatoms. The van der Waals surface area contributed by atoms with Gasteiger partial charge in [-0.3, -0.25) is 9.59 Å². The van der Waals surface area contributed by atoms with Crippen LogP contribution in [0.1, 0.15) is 44.0 Å². The molecule has 1 heterocycles. The molecule has 0 aliphatic carbocycles. The summed E-state index contributed by atoms with van der Waals surface area (Å²) in [6.07, 6.45) is 2.04. The summed E-state index contributed by atoms with van der Waals surface area (Å²) in [6.45, 7) is 6.34. The van der Waals surface area contributed by atoms with E-state index < -0.39 is 0 Å². The molecular weight excluding hydrogens is 268 g/mol. The first-order valence-electron chi connectivity index (χ1n) is 7.33. The molecule has 0 aromatic heterocycles. The summed E-state index contributed by atoms with van der Waals surface area (Å²) in [5, 5.41) is 5.69. The molecule has 0 saturated carbocycles. The van der Waals surface area contributed by atoms with E-state index in [1.807, 2.05) is 6.92 Å². The number of fused-ring (bicyclic) bond motifs is 1. The molecule has 1 aromatic carbocycles. The number of carbonyl (C=O) groups excluding carboxylic acids is 2. The molecular formula is C16H22N2O3. The minimum atomic E-state index is -0.179. The van der Waals surface area contributed by atoms with E-state index in [1.165, 1.54) is 0 Å². The second-order valence-electron chi connectivity index (χ2n) is 5.89. The lowest BCUT2D eigenvalue weighted by molar-refractivity contribution is -0.118. The summed E-state index contributed by atoms with van der Waals surface area (Å²) >= 11 is 0. The minimum absolute atomic E-state index is 0.0110. The molecule has 1 aromatic rings. The largest absolute Gasteiger partial charge is 0.482 e. The van der Waals surface area contributed by atoms with Crippen LogP contribution in [0.15, 0.2) is 18.2 Å². The summed E-state index contributed by atoms with van der Waals surface area (Å²) in [5.74, 6) is 0.874. The van der Waals surface area contributed by atoms with Crippen LogP contribution in [0.4, 0.5) is 5.69 Å². The number of ether oxygens (including phenoxy) is 1. The smallest absolute Gasteiger partial charge is 0.262 e. The van der Waals surface area contributed by atoms with Crippen LogP contribution in [0.3, 0.4) is 0 Å². The number of carbonyl (C=O) groups is 2. The maximum absolute atomic E-state index is 12.2. The van der Waals surface area contributed by atoms with Crippen LogP contribution in [0.2, 0.25) is 0 Å². The topological polar surface area (TPSA) is 67.4 Å². The Balaban J connectivity index is 1.98. The van der Waals surface area contributed by atoms with E-state index in [-0.39, 0.29) is 24.5 Å². The molecule has 1 unspecified atom stereocenters. The Morgan fingerprint density at radius 3 is 2.81 bits per heavy atom. The van der Waals surface area contributed by atoms with Gasteiger partial charge in [-0.25, -0.2) is 0 Å². The Morgan fingerprint density at radius 1 is 1.33 bits per heavy atom. The molecule has 2 rings (SSSR count). The van der Waals surface area contributed by atoms with Gasteiger partial charge in [0, 0.05) is 11.6 Å². The Morgan fingerprint density at radius 2 is 2.10 bits per heavy atom. The fourth-order valence-electron chi connectivity index (χ4n) is 2.18. The average molecular weight is 290 g/mol. The number of anilines is 1. The lowest BCUT2D eigenvalue weighted by Gasteiger charge is -2.19. The van der Waals surface area contributed by atoms with E-state index in [1.54, 1.807) is 18.2 Å². The highest BCUT2D eigenvalue weighted by atomic mass is 16.5. The molecule has 114 valence electrons. The normalized spacial score (nSPS) is 15.0. The third-order valence-electron chi connectivity index (χ3n) is 3.43. The number of hydrogen-bond acceptors (Lipinski definition) is 3. The molecule has 0 spiro atoms. The molecule has 1 atom stereocenters. The summed E-state index contributed by atoms with van der Waals surface area (Å²) in [5.41, 5.74) is 1.15. The maximum atomic E-state index is 12.2. The average Bonchev–Trinajstić information content (AvgIpc) is 2.44. The third-order valence-corrected chi connectivity index (χ3v) is 3.43. The fraction of sp³-hybridized carbons (Fsp3) is 0.500. The van der Waals surface area contributed by atoms with Gasteiger partial charge in [0.05, 0.1) is 5.69 Å². The molecule has 5 nitrogen and oxygen atoms in total. The second-order valence-corrected chi connectivity index (χ2v) is 5.89. The molecule has 0 radical (unpaired) electrons. The van der Waals surface area contributed by atoms with Crippen LogP contribution < -0.4 is 15.4 Å². The van der Waals surface area contributed by atoms with Crippen molar-refractivity contribution in [2.75, 3.05) is 11.9 Å². The first-order valence-corrected chi connectivity index (χ1v) is 7.33. The quantitative estimate of drug-likeness (QED) is 0.876. The van der Waals surface area contributed by atoms with Crippen LogP contribution in [0, 0.1) is 5.92 Å². The molecule has 2 amide bonds. The second kappa shape index (κ2) is 6.61. The molecule has 21 heavy (non-hydrogen) atoms. The standard InChI is InChI=1S/C16H22N2O3/c1-10(2)4-5-11(3)17-16(20)12-6-7-13-14(8-12)21-9-15(19)18-13/h6-8,10-11H,4-5,9H2,1-3H3,(H,17,20)(H,18,19). The summed E-state index contributed by atoms with van der Waals surface area (Å²) in [6, 6.07) is 5.19. The van der Waals surface area contributed by atoms with Crippen LogP contribution in [0.25, 0.3) is 0 Å². The highest BCUT2D eigenvalue weighted by Crippen LogP contribution is 2.28. The molecule has 0 fully saturated rings. The van der Waals surface area contributed by atoms with Crippen molar-refractivity contribution < 1.29 is 14.3 Å². The van der Waals surface area contributed by atoms with Gasteiger partial charge in [0.25, 0.3) is 11.8 Å². The SMILES string of the molecule is CC(C)CCC(C)NC(=O)c1ccc2c(c1)OCC(=O)N2. The maximum Gasteiger partial charge on any atom is 0.262 e. The van der Waals surface area contributed by atoms with E-state index in [0.717, 1.165) is 12.8 Å². The predicted molar refractivity (Wildman–Crippen MR) is 81.6 cm³/mol. The van der Waals surface area contributed by atoms with Gasteiger partial charge in [-0.05, 0) is 43.9 Å². The van der Waals surface area contributed by atoms with Crippen molar-refractivity contribution in [3.05, 3.63) is 23.8 Å². The molecule has 0 bridgehead atoms. The number of nitrogens with one attached hydrogen (secondary N) is 2. The zero-order valence-electron chi connectivity index (χ0n) is 12.7. The van der Waals surface area contributed by atoms with Gasteiger partial charge in [-0.15, -0.1) is 0 Å². The van der Waals surface area contributed by atoms with Crippen molar-refractivity contribution in [2.45, 2.75) is 39.7 Å². The van der Waals surface area contributed by atoms with Gasteiger partial charge in [0.2, 0.25) is 0 Å². The number of amides is 2. The van der Waals surface area contributed by atoms with Crippen LogP contribution in [0.5, 0.6) is 5.75 Å². The number of hydrogen-bond donors (Lipinski definition) is 2. The van der Waals surface area contributed by atoms with Crippen LogP contribution >= 0.6 is 0 Å². The van der Waals surface area contributed by atoms with Crippen LogP contribution in [-0.2, 0) is 4.79 Å². The van der Waals surface area contributed by atoms with Crippen molar-refractivity contribution in [3.63, 3.8) is 0 Å². The number of rotatable bonds is 5. The molecule has 1 aliphatic rings. The highest BCUT2D eigenvalue weighted by Gasteiger charge is 2.18. The van der Waals surface area contributed by atoms with E-state index in [9.17, 15) is 9.59 Å². The lowest BCUT2D eigenvalue weighted by atomic mass is 10.0. The van der Waals surface area contributed by atoms with Gasteiger partial charge in [0.15, 0.2) is 6.61 Å². The zero-order chi connectivity index (χ0) is 15.4.